The molecular weight excluding hydrogens is 400 g/mol. The summed E-state index contributed by atoms with van der Waals surface area (Å²) in [6.07, 6.45) is 2.30. The minimum Gasteiger partial charge on any atom is -0.359 e. The number of hydrogen-bond acceptors (Lipinski definition) is 5. The lowest BCUT2D eigenvalue weighted by atomic mass is 9.82. The number of anilines is 1. The van der Waals surface area contributed by atoms with Crippen molar-refractivity contribution >= 4 is 27.4 Å². The van der Waals surface area contributed by atoms with E-state index >= 15 is 0 Å². The van der Waals surface area contributed by atoms with Gasteiger partial charge >= 0.3 is 0 Å². The Bertz CT molecular complexity index is 1050. The van der Waals surface area contributed by atoms with Crippen LogP contribution in [0.3, 0.4) is 0 Å². The lowest BCUT2D eigenvalue weighted by Crippen LogP contribution is -2.46. The largest absolute Gasteiger partial charge is 0.359 e. The highest BCUT2D eigenvalue weighted by Gasteiger charge is 2.38. The van der Waals surface area contributed by atoms with Crippen LogP contribution in [-0.4, -0.2) is 54.6 Å². The maximum Gasteiger partial charge on any atom is 0.120 e. The van der Waals surface area contributed by atoms with E-state index in [1.54, 1.807) is 17.1 Å². The predicted molar refractivity (Wildman–Crippen MR) is 133 cm³/mol. The van der Waals surface area contributed by atoms with Gasteiger partial charge in [0.1, 0.15) is 5.00 Å². The molecule has 5 heteroatoms. The van der Waals surface area contributed by atoms with Gasteiger partial charge in [-0.15, -0.1) is 0 Å². The van der Waals surface area contributed by atoms with E-state index in [1.165, 1.54) is 21.5 Å². The van der Waals surface area contributed by atoms with Crippen molar-refractivity contribution in [1.29, 1.82) is 0 Å². The normalized spacial score (nSPS) is 21.0. The number of rotatable bonds is 6. The average Bonchev–Trinajstić information content (AvgIpc) is 3.32. The van der Waals surface area contributed by atoms with Crippen molar-refractivity contribution in [3.63, 3.8) is 0 Å². The minimum atomic E-state index is 0.213. The summed E-state index contributed by atoms with van der Waals surface area (Å²) in [5.41, 5.74) is 5.91. The van der Waals surface area contributed by atoms with E-state index in [0.29, 0.717) is 6.04 Å². The molecule has 1 N–H and O–H groups in total. The van der Waals surface area contributed by atoms with Gasteiger partial charge in [-0.2, -0.15) is 4.37 Å². The fourth-order valence-corrected chi connectivity index (χ4v) is 6.27. The third-order valence-electron chi connectivity index (χ3n) is 7.36. The van der Waals surface area contributed by atoms with Crippen LogP contribution in [0.4, 0.5) is 5.00 Å². The molecule has 164 valence electrons. The monoisotopic (exact) mass is 434 g/mol. The molecular formula is C26H34N4S. The zero-order valence-corrected chi connectivity index (χ0v) is 19.8. The maximum absolute atomic E-state index is 4.63. The highest BCUT2D eigenvalue weighted by molar-refractivity contribution is 7.11. The van der Waals surface area contributed by atoms with Gasteiger partial charge in [0.2, 0.25) is 0 Å². The van der Waals surface area contributed by atoms with Crippen molar-refractivity contribution < 1.29 is 0 Å². The van der Waals surface area contributed by atoms with Crippen LogP contribution in [0.1, 0.15) is 37.5 Å². The second-order valence-electron chi connectivity index (χ2n) is 9.61. The summed E-state index contributed by atoms with van der Waals surface area (Å²) in [6.45, 7) is 13.6. The Morgan fingerprint density at radius 3 is 2.71 bits per heavy atom. The van der Waals surface area contributed by atoms with Crippen LogP contribution < -0.4 is 10.2 Å². The Morgan fingerprint density at radius 1 is 1.10 bits per heavy atom. The third-order valence-corrected chi connectivity index (χ3v) is 8.29. The van der Waals surface area contributed by atoms with Gasteiger partial charge in [0.15, 0.2) is 0 Å². The molecule has 0 bridgehead atoms. The minimum absolute atomic E-state index is 0.213. The van der Waals surface area contributed by atoms with Crippen LogP contribution in [0, 0.1) is 0 Å². The first-order valence-electron chi connectivity index (χ1n) is 11.7. The molecule has 1 atom stereocenters. The van der Waals surface area contributed by atoms with Crippen LogP contribution in [-0.2, 0) is 18.3 Å². The number of hydrogen-bond donors (Lipinski definition) is 1. The van der Waals surface area contributed by atoms with Crippen molar-refractivity contribution in [2.24, 2.45) is 0 Å². The fraction of sp³-hybridized carbons (Fsp3) is 0.500. The summed E-state index contributed by atoms with van der Waals surface area (Å²) in [5, 5.41) is 6.34. The number of nitrogens with one attached hydrogen (secondary N) is 1. The van der Waals surface area contributed by atoms with Crippen molar-refractivity contribution in [2.75, 3.05) is 44.2 Å². The molecule has 1 fully saturated rings. The molecule has 2 aromatic carbocycles. The summed E-state index contributed by atoms with van der Waals surface area (Å²) in [6, 6.07) is 16.3. The van der Waals surface area contributed by atoms with Crippen molar-refractivity contribution in [1.82, 2.24) is 14.6 Å². The van der Waals surface area contributed by atoms with Gasteiger partial charge in [-0.05, 0) is 59.7 Å². The smallest absolute Gasteiger partial charge is 0.120 e. The SMILES string of the molecule is CCNC1Cc2ccc(CCN3CCN(c4snc5ccccc45)CC3)cc2C1(C)C. The maximum atomic E-state index is 4.63. The molecule has 0 radical (unpaired) electrons. The van der Waals surface area contributed by atoms with Gasteiger partial charge in [0.05, 0.1) is 5.52 Å². The van der Waals surface area contributed by atoms with E-state index in [1.807, 2.05) is 0 Å². The summed E-state index contributed by atoms with van der Waals surface area (Å²) < 4.78 is 4.63. The molecule has 2 heterocycles. The third kappa shape index (κ3) is 3.99. The zero-order valence-electron chi connectivity index (χ0n) is 19.0. The number of benzene rings is 2. The van der Waals surface area contributed by atoms with Gasteiger partial charge in [-0.25, -0.2) is 0 Å². The second-order valence-corrected chi connectivity index (χ2v) is 10.4. The van der Waals surface area contributed by atoms with Gasteiger partial charge < -0.3 is 10.2 Å². The molecule has 4 nitrogen and oxygen atoms in total. The lowest BCUT2D eigenvalue weighted by Gasteiger charge is -2.35. The van der Waals surface area contributed by atoms with E-state index in [0.717, 1.165) is 57.6 Å². The molecule has 31 heavy (non-hydrogen) atoms. The number of fused-ring (bicyclic) bond motifs is 2. The number of likely N-dealkylation sites (N-methyl/N-ethyl adjacent to an activating group) is 1. The molecule has 1 saturated heterocycles. The van der Waals surface area contributed by atoms with Crippen molar-refractivity contribution in [2.45, 2.75) is 45.1 Å². The number of piperazine rings is 1. The van der Waals surface area contributed by atoms with Crippen molar-refractivity contribution in [3.05, 3.63) is 59.2 Å². The quantitative estimate of drug-likeness (QED) is 0.620. The van der Waals surface area contributed by atoms with E-state index in [4.69, 9.17) is 0 Å². The summed E-state index contributed by atoms with van der Waals surface area (Å²) in [7, 11) is 0. The first-order valence-corrected chi connectivity index (χ1v) is 12.5. The van der Waals surface area contributed by atoms with Crippen LogP contribution in [0.25, 0.3) is 10.9 Å². The Balaban J connectivity index is 1.19. The zero-order chi connectivity index (χ0) is 21.4. The molecule has 1 aliphatic carbocycles. The van der Waals surface area contributed by atoms with Gasteiger partial charge in [-0.3, -0.25) is 4.90 Å². The Labute approximate surface area is 190 Å². The molecule has 1 aliphatic heterocycles. The highest BCUT2D eigenvalue weighted by Crippen LogP contribution is 2.39. The molecule has 5 rings (SSSR count). The summed E-state index contributed by atoms with van der Waals surface area (Å²) in [4.78, 5) is 5.15. The Kier molecular flexibility index (Phi) is 5.76. The standard InChI is InChI=1S/C26H34N4S/c1-4-27-24-18-20-10-9-19(17-22(20)26(24,2)3)11-12-29-13-15-30(16-14-29)25-21-7-5-6-8-23(21)28-31-25/h5-10,17,24,27H,4,11-16,18H2,1-3H3. The highest BCUT2D eigenvalue weighted by atomic mass is 32.1. The van der Waals surface area contributed by atoms with Crippen molar-refractivity contribution in [3.8, 4) is 0 Å². The first-order chi connectivity index (χ1) is 15.1. The van der Waals surface area contributed by atoms with Crippen LogP contribution >= 0.6 is 11.5 Å². The van der Waals surface area contributed by atoms with Crippen LogP contribution in [0.2, 0.25) is 0 Å². The Morgan fingerprint density at radius 2 is 1.90 bits per heavy atom. The molecule has 1 aromatic heterocycles. The average molecular weight is 435 g/mol. The van der Waals surface area contributed by atoms with E-state index in [9.17, 15) is 0 Å². The van der Waals surface area contributed by atoms with Gasteiger partial charge in [0.25, 0.3) is 0 Å². The Hall–Kier alpha value is -1.95. The topological polar surface area (TPSA) is 31.4 Å². The van der Waals surface area contributed by atoms with Crippen LogP contribution in [0.5, 0.6) is 0 Å². The molecule has 1 unspecified atom stereocenters. The first kappa shape index (κ1) is 20.9. The second kappa shape index (κ2) is 8.53. The molecule has 0 spiro atoms. The van der Waals surface area contributed by atoms with Crippen LogP contribution in [0.15, 0.2) is 42.5 Å². The van der Waals surface area contributed by atoms with Gasteiger partial charge in [0, 0.05) is 49.6 Å². The van der Waals surface area contributed by atoms with Gasteiger partial charge in [-0.1, -0.05) is 51.1 Å². The lowest BCUT2D eigenvalue weighted by molar-refractivity contribution is 0.261. The van der Waals surface area contributed by atoms with E-state index in [-0.39, 0.29) is 5.41 Å². The number of nitrogens with zero attached hydrogens (tertiary/aromatic N) is 3. The molecule has 2 aliphatic rings. The van der Waals surface area contributed by atoms with E-state index in [2.05, 4.69) is 82.7 Å². The summed E-state index contributed by atoms with van der Waals surface area (Å²) >= 11 is 1.65. The summed E-state index contributed by atoms with van der Waals surface area (Å²) in [5.74, 6) is 0. The molecule has 0 amide bonds. The van der Waals surface area contributed by atoms with E-state index < -0.39 is 0 Å². The number of aromatic nitrogens is 1. The fourth-order valence-electron chi connectivity index (χ4n) is 5.36. The molecule has 3 aromatic rings. The predicted octanol–water partition coefficient (Wildman–Crippen LogP) is 4.47. The molecule has 0 saturated carbocycles.